The number of carbonyl (C=O) groups excluding carboxylic acids is 2. The van der Waals surface area contributed by atoms with Crippen molar-refractivity contribution in [3.8, 4) is 11.5 Å². The van der Waals surface area contributed by atoms with Crippen molar-refractivity contribution >= 4 is 17.5 Å². The molecule has 21 heavy (non-hydrogen) atoms. The molecule has 1 aliphatic rings. The van der Waals surface area contributed by atoms with Gasteiger partial charge in [0.2, 0.25) is 11.8 Å². The van der Waals surface area contributed by atoms with E-state index in [2.05, 4.69) is 10.6 Å². The summed E-state index contributed by atoms with van der Waals surface area (Å²) in [6, 6.07) is 16.2. The molecule has 0 spiro atoms. The van der Waals surface area contributed by atoms with Gasteiger partial charge < -0.3 is 10.1 Å². The monoisotopic (exact) mass is 282 g/mol. The number of imide groups is 1. The third-order valence-corrected chi connectivity index (χ3v) is 3.14. The van der Waals surface area contributed by atoms with Gasteiger partial charge in [-0.25, -0.2) is 0 Å². The predicted molar refractivity (Wildman–Crippen MR) is 78.1 cm³/mol. The molecular weight excluding hydrogens is 268 g/mol. The van der Waals surface area contributed by atoms with Crippen LogP contribution in [0.15, 0.2) is 54.6 Å². The molecule has 0 aliphatic carbocycles. The number of amides is 2. The van der Waals surface area contributed by atoms with Gasteiger partial charge in [0, 0.05) is 5.69 Å². The van der Waals surface area contributed by atoms with E-state index in [-0.39, 0.29) is 18.2 Å². The van der Waals surface area contributed by atoms with Crippen LogP contribution in [0.3, 0.4) is 0 Å². The predicted octanol–water partition coefficient (Wildman–Crippen LogP) is 2.31. The second-order valence-electron chi connectivity index (χ2n) is 4.75. The van der Waals surface area contributed by atoms with Crippen molar-refractivity contribution < 1.29 is 14.3 Å². The summed E-state index contributed by atoms with van der Waals surface area (Å²) in [5.41, 5.74) is 0.769. The van der Waals surface area contributed by atoms with Crippen molar-refractivity contribution in [2.24, 2.45) is 0 Å². The Morgan fingerprint density at radius 1 is 0.952 bits per heavy atom. The maximum absolute atomic E-state index is 11.5. The molecule has 1 saturated heterocycles. The van der Waals surface area contributed by atoms with Crippen LogP contribution < -0.4 is 15.4 Å². The van der Waals surface area contributed by atoms with Crippen LogP contribution in [-0.4, -0.2) is 17.9 Å². The molecule has 2 amide bonds. The van der Waals surface area contributed by atoms with E-state index in [1.54, 1.807) is 0 Å². The zero-order valence-electron chi connectivity index (χ0n) is 11.2. The van der Waals surface area contributed by atoms with Crippen LogP contribution in [0, 0.1) is 0 Å². The lowest BCUT2D eigenvalue weighted by atomic mass is 10.2. The lowest BCUT2D eigenvalue weighted by molar-refractivity contribution is -0.124. The number of rotatable bonds is 4. The molecule has 0 bridgehead atoms. The van der Waals surface area contributed by atoms with Crippen LogP contribution in [0.4, 0.5) is 5.69 Å². The fourth-order valence-electron chi connectivity index (χ4n) is 2.12. The fourth-order valence-corrected chi connectivity index (χ4v) is 2.12. The van der Waals surface area contributed by atoms with E-state index in [9.17, 15) is 9.59 Å². The highest BCUT2D eigenvalue weighted by atomic mass is 16.5. The highest BCUT2D eigenvalue weighted by Gasteiger charge is 2.30. The van der Waals surface area contributed by atoms with Crippen molar-refractivity contribution in [2.75, 3.05) is 5.32 Å². The van der Waals surface area contributed by atoms with Gasteiger partial charge in [-0.3, -0.25) is 14.9 Å². The number of carbonyl (C=O) groups is 2. The molecule has 0 radical (unpaired) electrons. The molecule has 1 fully saturated rings. The summed E-state index contributed by atoms with van der Waals surface area (Å²) in [7, 11) is 0. The van der Waals surface area contributed by atoms with Crippen molar-refractivity contribution in [1.29, 1.82) is 0 Å². The zero-order chi connectivity index (χ0) is 14.7. The first-order valence-electron chi connectivity index (χ1n) is 6.64. The SMILES string of the molecule is O=C1CC(Nc2ccc(Oc3ccccc3)cc2)C(=O)N1. The number of ether oxygens (including phenoxy) is 1. The molecule has 5 nitrogen and oxygen atoms in total. The molecule has 0 aromatic heterocycles. The van der Waals surface area contributed by atoms with Gasteiger partial charge in [-0.1, -0.05) is 18.2 Å². The molecule has 2 N–H and O–H groups in total. The summed E-state index contributed by atoms with van der Waals surface area (Å²) in [6.07, 6.45) is 0.168. The molecule has 1 heterocycles. The first-order valence-corrected chi connectivity index (χ1v) is 6.64. The van der Waals surface area contributed by atoms with Crippen LogP contribution in [0.1, 0.15) is 6.42 Å². The lowest BCUT2D eigenvalue weighted by Gasteiger charge is -2.11. The number of para-hydroxylation sites is 1. The van der Waals surface area contributed by atoms with E-state index in [0.717, 1.165) is 11.4 Å². The molecule has 106 valence electrons. The molecule has 1 atom stereocenters. The van der Waals surface area contributed by atoms with Crippen LogP contribution in [0.5, 0.6) is 11.5 Å². The number of nitrogens with one attached hydrogen (secondary N) is 2. The number of hydrogen-bond donors (Lipinski definition) is 2. The first kappa shape index (κ1) is 13.2. The fraction of sp³-hybridized carbons (Fsp3) is 0.125. The van der Waals surface area contributed by atoms with Crippen LogP contribution in [0.2, 0.25) is 0 Å². The summed E-state index contributed by atoms with van der Waals surface area (Å²) >= 11 is 0. The summed E-state index contributed by atoms with van der Waals surface area (Å²) < 4.78 is 5.68. The second-order valence-corrected chi connectivity index (χ2v) is 4.75. The zero-order valence-corrected chi connectivity index (χ0v) is 11.2. The van der Waals surface area contributed by atoms with Crippen LogP contribution in [-0.2, 0) is 9.59 Å². The van der Waals surface area contributed by atoms with E-state index in [0.29, 0.717) is 5.75 Å². The summed E-state index contributed by atoms with van der Waals surface area (Å²) in [6.45, 7) is 0. The van der Waals surface area contributed by atoms with Crippen molar-refractivity contribution in [1.82, 2.24) is 5.32 Å². The van der Waals surface area contributed by atoms with Gasteiger partial charge in [-0.15, -0.1) is 0 Å². The summed E-state index contributed by atoms with van der Waals surface area (Å²) in [4.78, 5) is 22.6. The third kappa shape index (κ3) is 3.20. The number of hydrogen-bond acceptors (Lipinski definition) is 4. The van der Waals surface area contributed by atoms with E-state index in [4.69, 9.17) is 4.74 Å². The van der Waals surface area contributed by atoms with Gasteiger partial charge in [0.15, 0.2) is 0 Å². The molecule has 2 aromatic carbocycles. The van der Waals surface area contributed by atoms with E-state index < -0.39 is 6.04 Å². The van der Waals surface area contributed by atoms with Crippen molar-refractivity contribution in [2.45, 2.75) is 12.5 Å². The van der Waals surface area contributed by atoms with Crippen LogP contribution in [0.25, 0.3) is 0 Å². The summed E-state index contributed by atoms with van der Waals surface area (Å²) in [5.74, 6) is 0.934. The Labute approximate surface area is 121 Å². The van der Waals surface area contributed by atoms with E-state index in [1.165, 1.54) is 0 Å². The highest BCUT2D eigenvalue weighted by molar-refractivity contribution is 6.06. The Kier molecular flexibility index (Phi) is 3.55. The minimum absolute atomic E-state index is 0.168. The lowest BCUT2D eigenvalue weighted by Crippen LogP contribution is -2.29. The average molecular weight is 282 g/mol. The summed E-state index contributed by atoms with van der Waals surface area (Å²) in [5, 5.41) is 5.29. The second kappa shape index (κ2) is 5.66. The molecule has 0 saturated carbocycles. The molecule has 1 aliphatic heterocycles. The van der Waals surface area contributed by atoms with Gasteiger partial charge in [-0.05, 0) is 36.4 Å². The van der Waals surface area contributed by atoms with Gasteiger partial charge in [0.25, 0.3) is 0 Å². The topological polar surface area (TPSA) is 67.4 Å². The van der Waals surface area contributed by atoms with Gasteiger partial charge in [0.1, 0.15) is 17.5 Å². The van der Waals surface area contributed by atoms with Crippen molar-refractivity contribution in [3.05, 3.63) is 54.6 Å². The third-order valence-electron chi connectivity index (χ3n) is 3.14. The minimum Gasteiger partial charge on any atom is -0.457 e. The quantitative estimate of drug-likeness (QED) is 0.844. The Bertz CT molecular complexity index is 653. The van der Waals surface area contributed by atoms with Gasteiger partial charge in [-0.2, -0.15) is 0 Å². The molecule has 1 unspecified atom stereocenters. The first-order chi connectivity index (χ1) is 10.2. The van der Waals surface area contributed by atoms with Crippen LogP contribution >= 0.6 is 0 Å². The van der Waals surface area contributed by atoms with Gasteiger partial charge in [0.05, 0.1) is 6.42 Å². The van der Waals surface area contributed by atoms with E-state index >= 15 is 0 Å². The molecule has 3 rings (SSSR count). The Morgan fingerprint density at radius 2 is 1.62 bits per heavy atom. The molecule has 2 aromatic rings. The standard InChI is InChI=1S/C16H14N2O3/c19-15-10-14(16(20)18-15)17-11-6-8-13(9-7-11)21-12-4-2-1-3-5-12/h1-9,14,17H,10H2,(H,18,19,20). The van der Waals surface area contributed by atoms with E-state index in [1.807, 2.05) is 54.6 Å². The van der Waals surface area contributed by atoms with Gasteiger partial charge >= 0.3 is 0 Å². The largest absolute Gasteiger partial charge is 0.457 e. The Hall–Kier alpha value is -2.82. The minimum atomic E-state index is -0.501. The maximum atomic E-state index is 11.5. The maximum Gasteiger partial charge on any atom is 0.249 e. The Balaban J connectivity index is 1.64. The highest BCUT2D eigenvalue weighted by Crippen LogP contribution is 2.23. The normalized spacial score (nSPS) is 17.4. The Morgan fingerprint density at radius 3 is 2.24 bits per heavy atom. The van der Waals surface area contributed by atoms with Crippen molar-refractivity contribution in [3.63, 3.8) is 0 Å². The average Bonchev–Trinajstić information content (AvgIpc) is 2.80. The molecular formula is C16H14N2O3. The molecule has 5 heteroatoms. The number of anilines is 1. The number of benzene rings is 2. The smallest absolute Gasteiger partial charge is 0.249 e.